The van der Waals surface area contributed by atoms with Gasteiger partial charge in [0.2, 0.25) is 0 Å². The molecule has 5 N–H and O–H groups in total. The molecule has 1 aliphatic rings. The van der Waals surface area contributed by atoms with Gasteiger partial charge in [-0.15, -0.1) is 11.3 Å². The Morgan fingerprint density at radius 2 is 2.14 bits per heavy atom. The molecular weight excluding hydrogens is 374 g/mol. The van der Waals surface area contributed by atoms with Crippen molar-refractivity contribution in [3.8, 4) is 0 Å². The van der Waals surface area contributed by atoms with Gasteiger partial charge in [0, 0.05) is 16.7 Å². The second-order valence-corrected chi connectivity index (χ2v) is 8.97. The Labute approximate surface area is 171 Å². The maximum atomic E-state index is 12.1. The predicted molar refractivity (Wildman–Crippen MR) is 113 cm³/mol. The summed E-state index contributed by atoms with van der Waals surface area (Å²) in [5, 5.41) is 34.4. The molecule has 1 saturated carbocycles. The molecule has 3 unspecified atom stereocenters. The molecule has 0 bridgehead atoms. The molecule has 1 aliphatic carbocycles. The van der Waals surface area contributed by atoms with E-state index in [-0.39, 0.29) is 24.0 Å². The fourth-order valence-electron chi connectivity index (χ4n) is 4.36. The second-order valence-electron chi connectivity index (χ2n) is 7.85. The molecule has 0 spiro atoms. The average molecular weight is 408 g/mol. The van der Waals surface area contributed by atoms with Crippen molar-refractivity contribution in [2.75, 3.05) is 0 Å². The van der Waals surface area contributed by atoms with E-state index in [1.54, 1.807) is 36.5 Å². The summed E-state index contributed by atoms with van der Waals surface area (Å²) in [6, 6.07) is 2.11. The summed E-state index contributed by atoms with van der Waals surface area (Å²) < 4.78 is 0. The standard InChI is InChI=1S/C22H33NO4S/c1-4-5-9-20(25)22(27,21(23)26)18-8-6-7-17(18)19(24)11-10-14(2)16-12-13-28-15(16)3/h4-5,11-14,17-18,20,24-25,27H,6-10H2,1-3H3,(H2,23,26)/b5-4-,19-11+/t14?,17-,18?,20+,22?/m0/s1. The number of nitrogens with two attached hydrogens (primary N) is 1. The van der Waals surface area contributed by atoms with Gasteiger partial charge in [0.15, 0.2) is 5.60 Å². The molecule has 1 heterocycles. The van der Waals surface area contributed by atoms with E-state index in [0.29, 0.717) is 19.3 Å². The van der Waals surface area contributed by atoms with E-state index >= 15 is 0 Å². The highest BCUT2D eigenvalue weighted by Gasteiger charge is 2.53. The fourth-order valence-corrected chi connectivity index (χ4v) is 5.19. The zero-order chi connectivity index (χ0) is 20.9. The third kappa shape index (κ3) is 4.67. The first-order chi connectivity index (χ1) is 13.2. The van der Waals surface area contributed by atoms with Gasteiger partial charge in [0.05, 0.1) is 11.9 Å². The van der Waals surface area contributed by atoms with E-state index in [0.717, 1.165) is 6.42 Å². The van der Waals surface area contributed by atoms with Gasteiger partial charge in [-0.05, 0) is 68.5 Å². The van der Waals surface area contributed by atoms with Gasteiger partial charge in [-0.25, -0.2) is 0 Å². The highest BCUT2D eigenvalue weighted by molar-refractivity contribution is 7.10. The maximum absolute atomic E-state index is 12.1. The monoisotopic (exact) mass is 407 g/mol. The van der Waals surface area contributed by atoms with Gasteiger partial charge < -0.3 is 21.1 Å². The van der Waals surface area contributed by atoms with E-state index in [9.17, 15) is 20.1 Å². The predicted octanol–water partition coefficient (Wildman–Crippen LogP) is 3.95. The van der Waals surface area contributed by atoms with Crippen LogP contribution in [0.15, 0.2) is 35.4 Å². The summed E-state index contributed by atoms with van der Waals surface area (Å²) in [5.74, 6) is -1.46. The molecule has 0 aromatic carbocycles. The molecule has 0 aliphatic heterocycles. The number of primary amides is 1. The topological polar surface area (TPSA) is 104 Å². The maximum Gasteiger partial charge on any atom is 0.252 e. The van der Waals surface area contributed by atoms with Crippen molar-refractivity contribution >= 4 is 17.2 Å². The molecule has 28 heavy (non-hydrogen) atoms. The largest absolute Gasteiger partial charge is 0.512 e. The van der Waals surface area contributed by atoms with Crippen LogP contribution in [-0.4, -0.2) is 32.9 Å². The first kappa shape index (κ1) is 22.7. The Morgan fingerprint density at radius 3 is 2.71 bits per heavy atom. The van der Waals surface area contributed by atoms with Crippen molar-refractivity contribution in [2.24, 2.45) is 17.6 Å². The number of rotatable bonds is 9. The van der Waals surface area contributed by atoms with Crippen molar-refractivity contribution in [3.05, 3.63) is 45.9 Å². The minimum Gasteiger partial charge on any atom is -0.512 e. The molecule has 5 nitrogen and oxygen atoms in total. The number of hydrogen-bond donors (Lipinski definition) is 4. The molecule has 2 rings (SSSR count). The van der Waals surface area contributed by atoms with Crippen LogP contribution < -0.4 is 5.73 Å². The lowest BCUT2D eigenvalue weighted by Crippen LogP contribution is -2.59. The smallest absolute Gasteiger partial charge is 0.252 e. The molecule has 1 fully saturated rings. The van der Waals surface area contributed by atoms with Crippen LogP contribution in [0.3, 0.4) is 0 Å². The highest BCUT2D eigenvalue weighted by atomic mass is 32.1. The normalized spacial score (nSPS) is 25.0. The first-order valence-corrected chi connectivity index (χ1v) is 10.9. The summed E-state index contributed by atoms with van der Waals surface area (Å²) in [6.07, 6.45) is 6.71. The molecule has 1 aromatic heterocycles. The van der Waals surface area contributed by atoms with Crippen molar-refractivity contribution in [3.63, 3.8) is 0 Å². The van der Waals surface area contributed by atoms with Crippen LogP contribution in [0.1, 0.15) is 62.3 Å². The summed E-state index contributed by atoms with van der Waals surface area (Å²) in [7, 11) is 0. The number of thiophene rings is 1. The molecule has 156 valence electrons. The van der Waals surface area contributed by atoms with Gasteiger partial charge in [-0.2, -0.15) is 0 Å². The Kier molecular flexibility index (Phi) is 7.87. The summed E-state index contributed by atoms with van der Waals surface area (Å²) in [5.41, 5.74) is 4.73. The number of hydrogen-bond acceptors (Lipinski definition) is 5. The molecule has 0 saturated heterocycles. The van der Waals surface area contributed by atoms with E-state index < -0.39 is 23.5 Å². The lowest BCUT2D eigenvalue weighted by atomic mass is 9.74. The van der Waals surface area contributed by atoms with Crippen LogP contribution in [0, 0.1) is 18.8 Å². The van der Waals surface area contributed by atoms with E-state index in [4.69, 9.17) is 5.73 Å². The highest BCUT2D eigenvalue weighted by Crippen LogP contribution is 2.44. The Bertz CT molecular complexity index is 726. The van der Waals surface area contributed by atoms with E-state index in [2.05, 4.69) is 25.3 Å². The third-order valence-electron chi connectivity index (χ3n) is 6.07. The number of allylic oxidation sites excluding steroid dienone is 3. The lowest BCUT2D eigenvalue weighted by Gasteiger charge is -2.38. The van der Waals surface area contributed by atoms with Crippen molar-refractivity contribution in [1.29, 1.82) is 0 Å². The van der Waals surface area contributed by atoms with Crippen LogP contribution in [0.5, 0.6) is 0 Å². The first-order valence-electron chi connectivity index (χ1n) is 9.97. The Hall–Kier alpha value is -1.63. The number of aliphatic hydroxyl groups excluding tert-OH is 2. The number of carbonyl (C=O) groups is 1. The fraction of sp³-hybridized carbons (Fsp3) is 0.591. The van der Waals surface area contributed by atoms with E-state index in [1.807, 2.05) is 0 Å². The van der Waals surface area contributed by atoms with Crippen LogP contribution in [0.4, 0.5) is 0 Å². The Balaban J connectivity index is 2.19. The Morgan fingerprint density at radius 1 is 1.43 bits per heavy atom. The van der Waals surface area contributed by atoms with Crippen molar-refractivity contribution in [1.82, 2.24) is 0 Å². The zero-order valence-electron chi connectivity index (χ0n) is 17.0. The lowest BCUT2D eigenvalue weighted by molar-refractivity contribution is -0.162. The summed E-state index contributed by atoms with van der Waals surface area (Å²) in [4.78, 5) is 13.4. The number of carbonyl (C=O) groups excluding carboxylic acids is 1. The quantitative estimate of drug-likeness (QED) is 0.367. The molecule has 1 amide bonds. The molecule has 1 aromatic rings. The van der Waals surface area contributed by atoms with Gasteiger partial charge in [0.1, 0.15) is 0 Å². The SMILES string of the molecule is C/C=C\C[C@@H](O)C(O)(C(N)=O)C1CCC[C@@H]1/C(O)=C\CC(C)c1ccsc1C. The average Bonchev–Trinajstić information content (AvgIpc) is 3.32. The van der Waals surface area contributed by atoms with Crippen LogP contribution in [0.25, 0.3) is 0 Å². The van der Waals surface area contributed by atoms with Crippen molar-refractivity contribution in [2.45, 2.75) is 70.5 Å². The number of aryl methyl sites for hydroxylation is 1. The number of amides is 1. The van der Waals surface area contributed by atoms with Crippen LogP contribution in [-0.2, 0) is 4.79 Å². The molecule has 6 heteroatoms. The molecular formula is C22H33NO4S. The molecule has 5 atom stereocenters. The summed E-state index contributed by atoms with van der Waals surface area (Å²) in [6.45, 7) is 6.01. The summed E-state index contributed by atoms with van der Waals surface area (Å²) >= 11 is 1.71. The van der Waals surface area contributed by atoms with Gasteiger partial charge in [0.25, 0.3) is 5.91 Å². The third-order valence-corrected chi connectivity index (χ3v) is 6.93. The van der Waals surface area contributed by atoms with Crippen molar-refractivity contribution < 1.29 is 20.1 Å². The minimum absolute atomic E-state index is 0.137. The van der Waals surface area contributed by atoms with Gasteiger partial charge >= 0.3 is 0 Å². The zero-order valence-corrected chi connectivity index (χ0v) is 17.8. The van der Waals surface area contributed by atoms with Gasteiger partial charge in [-0.1, -0.05) is 25.5 Å². The minimum atomic E-state index is -2.06. The van der Waals surface area contributed by atoms with Gasteiger partial charge in [-0.3, -0.25) is 4.79 Å². The van der Waals surface area contributed by atoms with Crippen LogP contribution >= 0.6 is 11.3 Å². The number of aliphatic hydroxyl groups is 3. The second kappa shape index (κ2) is 9.72. The van der Waals surface area contributed by atoms with Crippen LogP contribution in [0.2, 0.25) is 0 Å². The van der Waals surface area contributed by atoms with E-state index in [1.165, 1.54) is 10.4 Å². The molecule has 0 radical (unpaired) electrons.